The molecule has 0 heterocycles. The first kappa shape index (κ1) is 14.4. The van der Waals surface area contributed by atoms with E-state index in [4.69, 9.17) is 16.7 Å². The Bertz CT molecular complexity index is 626. The van der Waals surface area contributed by atoms with Gasteiger partial charge in [-0.3, -0.25) is 0 Å². The Balaban J connectivity index is 1.97. The van der Waals surface area contributed by atoms with Crippen LogP contribution in [-0.4, -0.2) is 17.6 Å². The first-order valence-corrected chi connectivity index (χ1v) is 6.77. The minimum absolute atomic E-state index is 0.121. The molecule has 0 radical (unpaired) electrons. The molecule has 0 aromatic heterocycles. The van der Waals surface area contributed by atoms with Crippen LogP contribution in [0.2, 0.25) is 5.02 Å². The number of aryl methyl sites for hydroxylation is 1. The maximum atomic E-state index is 10.9. The number of halogens is 1. The molecule has 0 saturated carbocycles. The van der Waals surface area contributed by atoms with Gasteiger partial charge in [0.2, 0.25) is 0 Å². The summed E-state index contributed by atoms with van der Waals surface area (Å²) in [6.45, 7) is 2.86. The van der Waals surface area contributed by atoms with Gasteiger partial charge in [0.05, 0.1) is 10.6 Å². The number of nitrogens with one attached hydrogen (secondary N) is 1. The van der Waals surface area contributed by atoms with Gasteiger partial charge in [-0.25, -0.2) is 4.79 Å². The fourth-order valence-electron chi connectivity index (χ4n) is 2.03. The third-order valence-corrected chi connectivity index (χ3v) is 3.50. The van der Waals surface area contributed by atoms with Gasteiger partial charge in [-0.15, -0.1) is 0 Å². The third-order valence-electron chi connectivity index (χ3n) is 3.18. The molecule has 0 atom stereocenters. The summed E-state index contributed by atoms with van der Waals surface area (Å²) in [4.78, 5) is 10.9. The summed E-state index contributed by atoms with van der Waals surface area (Å²) in [6.07, 6.45) is 0.908. The van der Waals surface area contributed by atoms with E-state index in [1.165, 1.54) is 17.2 Å². The monoisotopic (exact) mass is 289 g/mol. The number of hydrogen-bond donors (Lipinski definition) is 2. The Morgan fingerprint density at radius 2 is 2.00 bits per heavy atom. The number of aromatic carboxylic acids is 1. The van der Waals surface area contributed by atoms with Gasteiger partial charge in [0, 0.05) is 12.2 Å². The van der Waals surface area contributed by atoms with Crippen molar-refractivity contribution < 1.29 is 9.90 Å². The predicted octanol–water partition coefficient (Wildman–Crippen LogP) is 4.00. The van der Waals surface area contributed by atoms with Crippen molar-refractivity contribution in [3.8, 4) is 0 Å². The summed E-state index contributed by atoms with van der Waals surface area (Å²) in [6, 6.07) is 13.1. The SMILES string of the molecule is Cc1ccccc1CCNc1ccc(C(=O)O)c(Cl)c1. The van der Waals surface area contributed by atoms with E-state index in [-0.39, 0.29) is 10.6 Å². The van der Waals surface area contributed by atoms with E-state index in [1.807, 2.05) is 12.1 Å². The van der Waals surface area contributed by atoms with Gasteiger partial charge >= 0.3 is 5.97 Å². The molecule has 2 aromatic carbocycles. The summed E-state index contributed by atoms with van der Waals surface area (Å²) >= 11 is 5.92. The van der Waals surface area contributed by atoms with E-state index < -0.39 is 5.97 Å². The third kappa shape index (κ3) is 3.52. The highest BCUT2D eigenvalue weighted by Gasteiger charge is 2.08. The summed E-state index contributed by atoms with van der Waals surface area (Å²) < 4.78 is 0. The van der Waals surface area contributed by atoms with Crippen LogP contribution in [0.3, 0.4) is 0 Å². The molecule has 2 rings (SSSR count). The van der Waals surface area contributed by atoms with E-state index in [9.17, 15) is 4.79 Å². The van der Waals surface area contributed by atoms with Crippen molar-refractivity contribution in [1.29, 1.82) is 0 Å². The molecule has 0 aliphatic heterocycles. The van der Waals surface area contributed by atoms with Crippen LogP contribution in [0.1, 0.15) is 21.5 Å². The first-order chi connectivity index (χ1) is 9.58. The molecule has 0 amide bonds. The number of hydrogen-bond acceptors (Lipinski definition) is 2. The van der Waals surface area contributed by atoms with E-state index >= 15 is 0 Å². The lowest BCUT2D eigenvalue weighted by atomic mass is 10.1. The standard InChI is InChI=1S/C16H16ClNO2/c1-11-4-2-3-5-12(11)8-9-18-13-6-7-14(16(19)20)15(17)10-13/h2-7,10,18H,8-9H2,1H3,(H,19,20). The van der Waals surface area contributed by atoms with Crippen LogP contribution in [-0.2, 0) is 6.42 Å². The van der Waals surface area contributed by atoms with Crippen molar-refractivity contribution in [2.24, 2.45) is 0 Å². The molecule has 0 bridgehead atoms. The minimum Gasteiger partial charge on any atom is -0.478 e. The molecule has 2 N–H and O–H groups in total. The van der Waals surface area contributed by atoms with Gasteiger partial charge in [0.1, 0.15) is 0 Å². The summed E-state index contributed by atoms with van der Waals surface area (Å²) in [7, 11) is 0. The average Bonchev–Trinajstić information content (AvgIpc) is 2.40. The van der Waals surface area contributed by atoms with Crippen LogP contribution in [0.15, 0.2) is 42.5 Å². The Morgan fingerprint density at radius 3 is 2.65 bits per heavy atom. The van der Waals surface area contributed by atoms with Crippen LogP contribution in [0.5, 0.6) is 0 Å². The second-order valence-electron chi connectivity index (χ2n) is 4.60. The Morgan fingerprint density at radius 1 is 1.25 bits per heavy atom. The molecule has 4 heteroatoms. The molecule has 20 heavy (non-hydrogen) atoms. The minimum atomic E-state index is -1.01. The van der Waals surface area contributed by atoms with E-state index in [0.717, 1.165) is 18.7 Å². The number of carbonyl (C=O) groups is 1. The van der Waals surface area contributed by atoms with Crippen LogP contribution < -0.4 is 5.32 Å². The number of benzene rings is 2. The van der Waals surface area contributed by atoms with Gasteiger partial charge < -0.3 is 10.4 Å². The fourth-order valence-corrected chi connectivity index (χ4v) is 2.29. The van der Waals surface area contributed by atoms with Crippen LogP contribution in [0.25, 0.3) is 0 Å². The van der Waals surface area contributed by atoms with Gasteiger partial charge in [-0.2, -0.15) is 0 Å². The van der Waals surface area contributed by atoms with Crippen molar-refractivity contribution in [3.63, 3.8) is 0 Å². The topological polar surface area (TPSA) is 49.3 Å². The zero-order valence-corrected chi connectivity index (χ0v) is 11.9. The van der Waals surface area contributed by atoms with E-state index in [1.54, 1.807) is 12.1 Å². The lowest BCUT2D eigenvalue weighted by Gasteiger charge is -2.09. The number of anilines is 1. The summed E-state index contributed by atoms with van der Waals surface area (Å²) in [5.74, 6) is -1.01. The highest BCUT2D eigenvalue weighted by Crippen LogP contribution is 2.21. The number of carboxylic acid groups (broad SMARTS) is 1. The predicted molar refractivity (Wildman–Crippen MR) is 81.8 cm³/mol. The zero-order chi connectivity index (χ0) is 14.5. The zero-order valence-electron chi connectivity index (χ0n) is 11.2. The normalized spacial score (nSPS) is 10.3. The molecule has 3 nitrogen and oxygen atoms in total. The second kappa shape index (κ2) is 6.44. The van der Waals surface area contributed by atoms with Crippen LogP contribution in [0.4, 0.5) is 5.69 Å². The molecule has 0 fully saturated rings. The van der Waals surface area contributed by atoms with Gasteiger partial charge in [-0.05, 0) is 42.7 Å². The first-order valence-electron chi connectivity index (χ1n) is 6.39. The molecule has 0 spiro atoms. The molecular formula is C16H16ClNO2. The van der Waals surface area contributed by atoms with E-state index in [2.05, 4.69) is 24.4 Å². The fraction of sp³-hybridized carbons (Fsp3) is 0.188. The van der Waals surface area contributed by atoms with Gasteiger partial charge in [0.15, 0.2) is 0 Å². The van der Waals surface area contributed by atoms with Crippen molar-refractivity contribution >= 4 is 23.3 Å². The maximum absolute atomic E-state index is 10.9. The smallest absolute Gasteiger partial charge is 0.337 e. The lowest BCUT2D eigenvalue weighted by Crippen LogP contribution is -2.06. The number of rotatable bonds is 5. The van der Waals surface area contributed by atoms with E-state index in [0.29, 0.717) is 0 Å². The largest absolute Gasteiger partial charge is 0.478 e. The van der Waals surface area contributed by atoms with Gasteiger partial charge in [-0.1, -0.05) is 35.9 Å². The summed E-state index contributed by atoms with van der Waals surface area (Å²) in [5.41, 5.74) is 3.52. The van der Waals surface area contributed by atoms with Crippen molar-refractivity contribution in [2.75, 3.05) is 11.9 Å². The van der Waals surface area contributed by atoms with Crippen molar-refractivity contribution in [3.05, 3.63) is 64.2 Å². The molecular weight excluding hydrogens is 274 g/mol. The maximum Gasteiger partial charge on any atom is 0.337 e. The second-order valence-corrected chi connectivity index (χ2v) is 5.01. The lowest BCUT2D eigenvalue weighted by molar-refractivity contribution is 0.0697. The average molecular weight is 290 g/mol. The Labute approximate surface area is 123 Å². The highest BCUT2D eigenvalue weighted by molar-refractivity contribution is 6.33. The molecule has 0 unspecified atom stereocenters. The Kier molecular flexibility index (Phi) is 4.64. The van der Waals surface area contributed by atoms with Gasteiger partial charge in [0.25, 0.3) is 0 Å². The molecule has 2 aromatic rings. The summed E-state index contributed by atoms with van der Waals surface area (Å²) in [5, 5.41) is 12.4. The quantitative estimate of drug-likeness (QED) is 0.874. The highest BCUT2D eigenvalue weighted by atomic mass is 35.5. The Hall–Kier alpha value is -2.00. The van der Waals surface area contributed by atoms with Crippen LogP contribution >= 0.6 is 11.6 Å². The molecule has 0 saturated heterocycles. The molecule has 104 valence electrons. The molecule has 0 aliphatic carbocycles. The molecule has 0 aliphatic rings. The van der Waals surface area contributed by atoms with Crippen molar-refractivity contribution in [2.45, 2.75) is 13.3 Å². The number of carboxylic acids is 1. The van der Waals surface area contributed by atoms with Crippen LogP contribution in [0, 0.1) is 6.92 Å². The van der Waals surface area contributed by atoms with Crippen molar-refractivity contribution in [1.82, 2.24) is 0 Å².